The van der Waals surface area contributed by atoms with Gasteiger partial charge in [-0.05, 0) is 21.3 Å². The van der Waals surface area contributed by atoms with Crippen LogP contribution in [0.25, 0.3) is 0 Å². The van der Waals surface area contributed by atoms with Gasteiger partial charge in [-0.3, -0.25) is 0 Å². The summed E-state index contributed by atoms with van der Waals surface area (Å²) in [6.07, 6.45) is 1.82. The summed E-state index contributed by atoms with van der Waals surface area (Å²) in [5, 5.41) is 0.256. The summed E-state index contributed by atoms with van der Waals surface area (Å²) >= 11 is 2.97. The maximum Gasteiger partial charge on any atom is 0.228 e. The first-order chi connectivity index (χ1) is 5.73. The third-order valence-corrected chi connectivity index (χ3v) is 4.53. The number of hydrogen-bond acceptors (Lipinski definition) is 3. The van der Waals surface area contributed by atoms with E-state index in [9.17, 15) is 8.42 Å². The summed E-state index contributed by atoms with van der Waals surface area (Å²) in [4.78, 5) is 3.87. The molecule has 1 aliphatic rings. The molecule has 0 aromatic heterocycles. The van der Waals surface area contributed by atoms with Crippen LogP contribution in [0.1, 0.15) is 27.2 Å². The highest BCUT2D eigenvalue weighted by Gasteiger charge is 2.30. The molecule has 0 spiro atoms. The standard InChI is InChI=1S/C8H12BrNO2S/c1-8(2,3)4-7-10-5-6(9)13(7,11)12/h5H,4H2,1-3H3. The largest absolute Gasteiger partial charge is 0.247 e. The Morgan fingerprint density at radius 1 is 1.46 bits per heavy atom. The fourth-order valence-corrected chi connectivity index (χ4v) is 2.86. The molecule has 0 amide bonds. The van der Waals surface area contributed by atoms with Gasteiger partial charge in [0, 0.05) is 6.42 Å². The number of sulfone groups is 1. The third kappa shape index (κ3) is 2.40. The number of halogens is 1. The quantitative estimate of drug-likeness (QED) is 0.731. The van der Waals surface area contributed by atoms with Crippen LogP contribution in [0.15, 0.2) is 15.0 Å². The van der Waals surface area contributed by atoms with E-state index in [1.807, 2.05) is 20.8 Å². The summed E-state index contributed by atoms with van der Waals surface area (Å²) in [5.41, 5.74) is -0.0582. The molecule has 1 heterocycles. The van der Waals surface area contributed by atoms with Gasteiger partial charge in [-0.15, -0.1) is 0 Å². The van der Waals surface area contributed by atoms with E-state index in [4.69, 9.17) is 0 Å². The third-order valence-electron chi connectivity index (χ3n) is 1.56. The van der Waals surface area contributed by atoms with Gasteiger partial charge in [0.05, 0.1) is 6.20 Å². The van der Waals surface area contributed by atoms with Gasteiger partial charge in [-0.2, -0.15) is 0 Å². The maximum atomic E-state index is 11.5. The van der Waals surface area contributed by atoms with Crippen molar-refractivity contribution >= 4 is 30.8 Å². The van der Waals surface area contributed by atoms with Crippen molar-refractivity contribution in [2.24, 2.45) is 10.4 Å². The molecule has 0 radical (unpaired) electrons. The van der Waals surface area contributed by atoms with Crippen molar-refractivity contribution in [1.82, 2.24) is 0 Å². The molecular formula is C8H12BrNO2S. The summed E-state index contributed by atoms with van der Waals surface area (Å²) in [7, 11) is -3.27. The molecule has 0 fully saturated rings. The Morgan fingerprint density at radius 2 is 2.00 bits per heavy atom. The van der Waals surface area contributed by atoms with E-state index in [1.165, 1.54) is 6.20 Å². The van der Waals surface area contributed by atoms with Crippen LogP contribution in [0.2, 0.25) is 0 Å². The Hall–Kier alpha value is -0.160. The average Bonchev–Trinajstić information content (AvgIpc) is 2.13. The summed E-state index contributed by atoms with van der Waals surface area (Å²) < 4.78 is 23.2. The van der Waals surface area contributed by atoms with Gasteiger partial charge in [0.2, 0.25) is 9.84 Å². The van der Waals surface area contributed by atoms with Crippen molar-refractivity contribution in [2.45, 2.75) is 27.2 Å². The summed E-state index contributed by atoms with van der Waals surface area (Å²) in [5.74, 6) is 0. The molecule has 0 atom stereocenters. The Labute approximate surface area is 87.0 Å². The zero-order valence-corrected chi connectivity index (χ0v) is 10.2. The summed E-state index contributed by atoms with van der Waals surface area (Å²) in [6, 6.07) is 0. The Bertz CT molecular complexity index is 373. The lowest BCUT2D eigenvalue weighted by Crippen LogP contribution is -2.18. The van der Waals surface area contributed by atoms with Crippen LogP contribution < -0.4 is 0 Å². The van der Waals surface area contributed by atoms with Gasteiger partial charge in [-0.1, -0.05) is 20.8 Å². The molecule has 0 N–H and O–H groups in total. The van der Waals surface area contributed by atoms with Crippen LogP contribution in [0.4, 0.5) is 0 Å². The second-order valence-corrected chi connectivity index (χ2v) is 7.49. The molecule has 0 aromatic rings. The molecule has 0 unspecified atom stereocenters. The van der Waals surface area contributed by atoms with Gasteiger partial charge in [-0.25, -0.2) is 13.4 Å². The van der Waals surface area contributed by atoms with E-state index >= 15 is 0 Å². The second-order valence-electron chi connectivity index (χ2n) is 4.20. The van der Waals surface area contributed by atoms with Gasteiger partial charge < -0.3 is 0 Å². The van der Waals surface area contributed by atoms with Gasteiger partial charge in [0.25, 0.3) is 0 Å². The second kappa shape index (κ2) is 3.20. The van der Waals surface area contributed by atoms with Crippen LogP contribution >= 0.6 is 15.9 Å². The molecule has 1 rings (SSSR count). The molecule has 74 valence electrons. The van der Waals surface area contributed by atoms with Crippen LogP contribution in [-0.4, -0.2) is 13.5 Å². The van der Waals surface area contributed by atoms with E-state index in [0.717, 1.165) is 0 Å². The summed E-state index contributed by atoms with van der Waals surface area (Å²) in [6.45, 7) is 5.95. The van der Waals surface area contributed by atoms with E-state index in [-0.39, 0.29) is 14.3 Å². The smallest absolute Gasteiger partial charge is 0.228 e. The van der Waals surface area contributed by atoms with E-state index in [2.05, 4.69) is 20.9 Å². The first kappa shape index (κ1) is 10.9. The lowest BCUT2D eigenvalue weighted by Gasteiger charge is -2.17. The fraction of sp³-hybridized carbons (Fsp3) is 0.625. The van der Waals surface area contributed by atoms with Gasteiger partial charge in [0.15, 0.2) is 0 Å². The predicted octanol–water partition coefficient (Wildman–Crippen LogP) is 2.44. The molecule has 5 heteroatoms. The highest BCUT2D eigenvalue weighted by atomic mass is 79.9. The monoisotopic (exact) mass is 265 g/mol. The van der Waals surface area contributed by atoms with Crippen molar-refractivity contribution in [1.29, 1.82) is 0 Å². The Kier molecular flexibility index (Phi) is 2.69. The van der Waals surface area contributed by atoms with Crippen molar-refractivity contribution in [3.63, 3.8) is 0 Å². The Balaban J connectivity index is 2.91. The molecular weight excluding hydrogens is 254 g/mol. The number of rotatable bonds is 1. The normalized spacial score (nSPS) is 21.2. The fourth-order valence-electron chi connectivity index (χ4n) is 0.968. The SMILES string of the molecule is CC(C)(C)CC1=NC=C(Br)S1(=O)=O. The molecule has 0 saturated carbocycles. The molecule has 0 aromatic carbocycles. The zero-order chi connectivity index (χ0) is 10.3. The molecule has 0 aliphatic carbocycles. The molecule has 0 saturated heterocycles. The van der Waals surface area contributed by atoms with Crippen LogP contribution in [0.5, 0.6) is 0 Å². The maximum absolute atomic E-state index is 11.5. The minimum absolute atomic E-state index is 0.0582. The highest BCUT2D eigenvalue weighted by molar-refractivity contribution is 9.14. The molecule has 1 aliphatic heterocycles. The van der Waals surface area contributed by atoms with Gasteiger partial charge in [0.1, 0.15) is 8.86 Å². The van der Waals surface area contributed by atoms with Crippen molar-refractivity contribution in [2.75, 3.05) is 0 Å². The highest BCUT2D eigenvalue weighted by Crippen LogP contribution is 2.29. The molecule has 3 nitrogen and oxygen atoms in total. The zero-order valence-electron chi connectivity index (χ0n) is 7.83. The number of aliphatic imine (C=N–C) groups is 1. The van der Waals surface area contributed by atoms with Crippen LogP contribution in [0.3, 0.4) is 0 Å². The van der Waals surface area contributed by atoms with Crippen LogP contribution in [0, 0.1) is 5.41 Å². The van der Waals surface area contributed by atoms with E-state index in [1.54, 1.807) is 0 Å². The minimum atomic E-state index is -3.27. The van der Waals surface area contributed by atoms with E-state index in [0.29, 0.717) is 6.42 Å². The lowest BCUT2D eigenvalue weighted by atomic mass is 9.93. The van der Waals surface area contributed by atoms with Crippen LogP contribution in [-0.2, 0) is 9.84 Å². The van der Waals surface area contributed by atoms with Crippen molar-refractivity contribution in [3.05, 3.63) is 10.0 Å². The topological polar surface area (TPSA) is 46.5 Å². The van der Waals surface area contributed by atoms with Crippen molar-refractivity contribution < 1.29 is 8.42 Å². The predicted molar refractivity (Wildman–Crippen MR) is 57.4 cm³/mol. The number of nitrogens with zero attached hydrogens (tertiary/aromatic N) is 1. The Morgan fingerprint density at radius 3 is 2.31 bits per heavy atom. The number of hydrogen-bond donors (Lipinski definition) is 0. The molecule has 0 bridgehead atoms. The minimum Gasteiger partial charge on any atom is -0.247 e. The average molecular weight is 266 g/mol. The lowest BCUT2D eigenvalue weighted by molar-refractivity contribution is 0.435. The van der Waals surface area contributed by atoms with Crippen molar-refractivity contribution in [3.8, 4) is 0 Å². The van der Waals surface area contributed by atoms with Gasteiger partial charge >= 0.3 is 0 Å². The first-order valence-corrected chi connectivity index (χ1v) is 6.18. The van der Waals surface area contributed by atoms with E-state index < -0.39 is 9.84 Å². The molecule has 13 heavy (non-hydrogen) atoms. The first-order valence-electron chi connectivity index (χ1n) is 3.91.